The van der Waals surface area contributed by atoms with E-state index in [0.29, 0.717) is 0 Å². The lowest BCUT2D eigenvalue weighted by atomic mass is 10.0. The van der Waals surface area contributed by atoms with E-state index < -0.39 is 0 Å². The Morgan fingerprint density at radius 2 is 1.76 bits per heavy atom. The monoisotopic (exact) mass is 386 g/mol. The minimum atomic E-state index is 0.280. The topological polar surface area (TPSA) is 52.0 Å². The van der Waals surface area contributed by atoms with Crippen molar-refractivity contribution < 1.29 is 4.74 Å². The molecular formula is C24H26N4O. The predicted octanol–water partition coefficient (Wildman–Crippen LogP) is 4.98. The maximum Gasteiger partial charge on any atom is 0.126 e. The molecule has 4 aromatic rings. The Morgan fingerprint density at radius 3 is 2.52 bits per heavy atom. The van der Waals surface area contributed by atoms with Gasteiger partial charge in [0.1, 0.15) is 16.8 Å². The van der Waals surface area contributed by atoms with Crippen LogP contribution in [-0.4, -0.2) is 22.1 Å². The van der Waals surface area contributed by atoms with Crippen LogP contribution in [0, 0.1) is 0 Å². The molecule has 0 spiro atoms. The maximum absolute atomic E-state index is 5.63. The molecule has 0 aliphatic carbocycles. The second-order valence-corrected chi connectivity index (χ2v) is 7.14. The van der Waals surface area contributed by atoms with Crippen molar-refractivity contribution in [3.05, 3.63) is 77.9 Å². The average Bonchev–Trinajstić information content (AvgIpc) is 3.20. The predicted molar refractivity (Wildman–Crippen MR) is 117 cm³/mol. The first-order valence-electron chi connectivity index (χ1n) is 9.98. The Morgan fingerprint density at radius 1 is 0.966 bits per heavy atom. The van der Waals surface area contributed by atoms with Gasteiger partial charge in [0.05, 0.1) is 13.7 Å². The summed E-state index contributed by atoms with van der Waals surface area (Å²) < 4.78 is 5.63. The van der Waals surface area contributed by atoms with E-state index in [1.807, 2.05) is 25.1 Å². The van der Waals surface area contributed by atoms with Crippen LogP contribution in [0.4, 0.5) is 0 Å². The number of fused-ring (bicyclic) bond motifs is 1. The molecular weight excluding hydrogens is 360 g/mol. The molecule has 1 N–H and O–H groups in total. The van der Waals surface area contributed by atoms with Crippen LogP contribution in [-0.2, 0) is 13.1 Å². The Hall–Kier alpha value is -3.18. The van der Waals surface area contributed by atoms with Crippen molar-refractivity contribution in [2.24, 2.45) is 0 Å². The number of methoxy groups -OCH3 is 1. The van der Waals surface area contributed by atoms with E-state index in [4.69, 9.17) is 4.74 Å². The van der Waals surface area contributed by atoms with E-state index in [9.17, 15) is 0 Å². The van der Waals surface area contributed by atoms with Crippen LogP contribution in [0.2, 0.25) is 0 Å². The first-order chi connectivity index (χ1) is 14.2. The Labute approximate surface area is 171 Å². The average molecular weight is 386 g/mol. The number of benzene rings is 3. The van der Waals surface area contributed by atoms with Gasteiger partial charge in [-0.3, -0.25) is 0 Å². The van der Waals surface area contributed by atoms with Crippen molar-refractivity contribution in [1.82, 2.24) is 20.3 Å². The summed E-state index contributed by atoms with van der Waals surface area (Å²) >= 11 is 0. The number of nitrogens with zero attached hydrogens (tertiary/aromatic N) is 3. The molecule has 1 unspecified atom stereocenters. The smallest absolute Gasteiger partial charge is 0.126 e. The first-order valence-corrected chi connectivity index (χ1v) is 9.98. The number of rotatable bonds is 7. The highest BCUT2D eigenvalue weighted by Gasteiger charge is 2.11. The molecule has 0 saturated heterocycles. The summed E-state index contributed by atoms with van der Waals surface area (Å²) in [5.74, 6) is 0.854. The summed E-state index contributed by atoms with van der Waals surface area (Å²) in [6.45, 7) is 5.76. The van der Waals surface area contributed by atoms with E-state index in [1.165, 1.54) is 11.1 Å². The minimum Gasteiger partial charge on any atom is -0.496 e. The van der Waals surface area contributed by atoms with Crippen LogP contribution >= 0.6 is 0 Å². The summed E-state index contributed by atoms with van der Waals surface area (Å²) in [6.07, 6.45) is 0. The Bertz CT molecular complexity index is 1100. The van der Waals surface area contributed by atoms with Gasteiger partial charge in [0.2, 0.25) is 0 Å². The molecule has 29 heavy (non-hydrogen) atoms. The molecule has 0 saturated carbocycles. The molecule has 1 aromatic heterocycles. The lowest BCUT2D eigenvalue weighted by Gasteiger charge is -2.16. The van der Waals surface area contributed by atoms with Gasteiger partial charge in [0.15, 0.2) is 0 Å². The highest BCUT2D eigenvalue weighted by atomic mass is 16.5. The van der Waals surface area contributed by atoms with Gasteiger partial charge in [-0.25, -0.2) is 0 Å². The molecule has 4 rings (SSSR count). The molecule has 0 fully saturated rings. The molecule has 148 valence electrons. The number of ether oxygens (including phenoxy) is 1. The maximum atomic E-state index is 5.63. The lowest BCUT2D eigenvalue weighted by molar-refractivity contribution is 0.416. The standard InChI is InChI=1S/C24H26N4O/c1-4-28-26-22-12-11-20(15-23(22)27-28)21-14-18(10-13-24(21)29-3)16-25-17(2)19-8-6-5-7-9-19/h5-15,17,25H,4,16H2,1-3H3. The van der Waals surface area contributed by atoms with E-state index in [1.54, 1.807) is 11.9 Å². The minimum absolute atomic E-state index is 0.280. The third-order valence-electron chi connectivity index (χ3n) is 5.19. The quantitative estimate of drug-likeness (QED) is 0.487. The molecule has 0 radical (unpaired) electrons. The van der Waals surface area contributed by atoms with Crippen LogP contribution in [0.25, 0.3) is 22.2 Å². The fourth-order valence-corrected chi connectivity index (χ4v) is 3.49. The molecule has 0 amide bonds. The van der Waals surface area contributed by atoms with E-state index in [0.717, 1.165) is 41.0 Å². The third kappa shape index (κ3) is 4.15. The van der Waals surface area contributed by atoms with Crippen molar-refractivity contribution >= 4 is 11.0 Å². The van der Waals surface area contributed by atoms with E-state index >= 15 is 0 Å². The van der Waals surface area contributed by atoms with Crippen molar-refractivity contribution in [1.29, 1.82) is 0 Å². The van der Waals surface area contributed by atoms with Gasteiger partial charge < -0.3 is 10.1 Å². The zero-order valence-electron chi connectivity index (χ0n) is 17.1. The number of aryl methyl sites for hydroxylation is 1. The molecule has 0 aliphatic heterocycles. The summed E-state index contributed by atoms with van der Waals surface area (Å²) in [5, 5.41) is 12.6. The van der Waals surface area contributed by atoms with E-state index in [2.05, 4.69) is 71.0 Å². The zero-order valence-corrected chi connectivity index (χ0v) is 17.1. The zero-order chi connectivity index (χ0) is 20.2. The lowest BCUT2D eigenvalue weighted by Crippen LogP contribution is -2.18. The molecule has 1 atom stereocenters. The van der Waals surface area contributed by atoms with E-state index in [-0.39, 0.29) is 6.04 Å². The largest absolute Gasteiger partial charge is 0.496 e. The van der Waals surface area contributed by atoms with Crippen molar-refractivity contribution in [3.8, 4) is 16.9 Å². The van der Waals surface area contributed by atoms with Crippen molar-refractivity contribution in [2.75, 3.05) is 7.11 Å². The molecule has 5 heteroatoms. The normalized spacial score (nSPS) is 12.2. The van der Waals surface area contributed by atoms with Crippen molar-refractivity contribution in [2.45, 2.75) is 33.0 Å². The first kappa shape index (κ1) is 19.2. The van der Waals surface area contributed by atoms with Crippen molar-refractivity contribution in [3.63, 3.8) is 0 Å². The number of hydrogen-bond acceptors (Lipinski definition) is 4. The molecule has 5 nitrogen and oxygen atoms in total. The molecule has 3 aromatic carbocycles. The fourth-order valence-electron chi connectivity index (χ4n) is 3.49. The van der Waals surface area contributed by atoms with Crippen LogP contribution in [0.3, 0.4) is 0 Å². The van der Waals surface area contributed by atoms with Gasteiger partial charge in [0, 0.05) is 18.2 Å². The Kier molecular flexibility index (Phi) is 5.58. The Balaban J connectivity index is 1.60. The molecule has 0 aliphatic rings. The second-order valence-electron chi connectivity index (χ2n) is 7.14. The molecule has 1 heterocycles. The fraction of sp³-hybridized carbons (Fsp3) is 0.250. The van der Waals surface area contributed by atoms with Gasteiger partial charge in [-0.1, -0.05) is 42.5 Å². The summed E-state index contributed by atoms with van der Waals surface area (Å²) in [4.78, 5) is 1.72. The summed E-state index contributed by atoms with van der Waals surface area (Å²) in [6, 6.07) is 23.3. The number of hydrogen-bond donors (Lipinski definition) is 1. The summed E-state index contributed by atoms with van der Waals surface area (Å²) in [7, 11) is 1.71. The second kappa shape index (κ2) is 8.45. The highest BCUT2D eigenvalue weighted by Crippen LogP contribution is 2.32. The number of nitrogens with one attached hydrogen (secondary N) is 1. The van der Waals surface area contributed by atoms with Gasteiger partial charge in [0.25, 0.3) is 0 Å². The molecule has 0 bridgehead atoms. The number of aromatic nitrogens is 3. The van der Waals surface area contributed by atoms with Crippen LogP contribution in [0.5, 0.6) is 5.75 Å². The highest BCUT2D eigenvalue weighted by molar-refractivity contribution is 5.83. The van der Waals surface area contributed by atoms with Gasteiger partial charge in [-0.2, -0.15) is 15.0 Å². The van der Waals surface area contributed by atoms with Crippen LogP contribution in [0.1, 0.15) is 31.0 Å². The van der Waals surface area contributed by atoms with Gasteiger partial charge in [-0.05, 0) is 54.8 Å². The van der Waals surface area contributed by atoms with Gasteiger partial charge >= 0.3 is 0 Å². The van der Waals surface area contributed by atoms with Crippen LogP contribution in [0.15, 0.2) is 66.7 Å². The summed E-state index contributed by atoms with van der Waals surface area (Å²) in [5.41, 5.74) is 6.44. The van der Waals surface area contributed by atoms with Gasteiger partial charge in [-0.15, -0.1) is 0 Å². The van der Waals surface area contributed by atoms with Crippen LogP contribution < -0.4 is 10.1 Å². The SMILES string of the molecule is CCn1nc2ccc(-c3cc(CNC(C)c4ccccc4)ccc3OC)cc2n1. The third-order valence-corrected chi connectivity index (χ3v) is 5.19.